The van der Waals surface area contributed by atoms with Gasteiger partial charge in [0.15, 0.2) is 0 Å². The van der Waals surface area contributed by atoms with E-state index in [0.717, 1.165) is 11.8 Å². The zero-order valence-electron chi connectivity index (χ0n) is 14.9. The third-order valence-corrected chi connectivity index (χ3v) is 4.96. The second-order valence-electron chi connectivity index (χ2n) is 6.07. The van der Waals surface area contributed by atoms with Crippen LogP contribution in [0, 0.1) is 5.82 Å². The summed E-state index contributed by atoms with van der Waals surface area (Å²) in [7, 11) is 1.17. The minimum atomic E-state index is -0.843. The van der Waals surface area contributed by atoms with E-state index in [0.29, 0.717) is 22.6 Å². The van der Waals surface area contributed by atoms with Crippen LogP contribution in [0.25, 0.3) is 21.5 Å². The molecule has 0 saturated carbocycles. The molecule has 0 saturated heterocycles. The Balaban J connectivity index is 2.28. The molecule has 26 heavy (non-hydrogen) atoms. The molecule has 3 rings (SSSR count). The molecule has 3 aromatic rings. The lowest BCUT2D eigenvalue weighted by atomic mass is 10.1. The van der Waals surface area contributed by atoms with Gasteiger partial charge in [-0.3, -0.25) is 9.48 Å². The van der Waals surface area contributed by atoms with Crippen LogP contribution in [0.1, 0.15) is 42.9 Å². The number of rotatable bonds is 4. The van der Waals surface area contributed by atoms with Gasteiger partial charge in [0.1, 0.15) is 10.8 Å². The maximum absolute atomic E-state index is 14.7. The number of nitrogens with zero attached hydrogens (tertiary/aromatic N) is 3. The molecule has 1 aromatic carbocycles. The lowest BCUT2D eigenvalue weighted by Gasteiger charge is -2.11. The second kappa shape index (κ2) is 6.95. The van der Waals surface area contributed by atoms with Crippen LogP contribution in [-0.2, 0) is 11.3 Å². The number of hydrogen-bond acceptors (Lipinski definition) is 6. The highest BCUT2D eigenvalue weighted by molar-refractivity contribution is 7.13. The maximum Gasteiger partial charge on any atom is 0.362 e. The van der Waals surface area contributed by atoms with Gasteiger partial charge < -0.3 is 4.74 Å². The lowest BCUT2D eigenvalue weighted by molar-refractivity contribution is 0.0590. The Morgan fingerprint density at radius 1 is 1.38 bits per heavy atom. The molecule has 0 aliphatic rings. The quantitative estimate of drug-likeness (QED) is 0.652. The van der Waals surface area contributed by atoms with Gasteiger partial charge in [0.2, 0.25) is 11.1 Å². The van der Waals surface area contributed by atoms with Gasteiger partial charge in [0.25, 0.3) is 0 Å². The molecule has 0 amide bonds. The number of fused-ring (bicyclic) bond motifs is 1. The summed E-state index contributed by atoms with van der Waals surface area (Å²) in [5.41, 5.74) is 0.636. The summed E-state index contributed by atoms with van der Waals surface area (Å²) in [6.45, 7) is 6.26. The van der Waals surface area contributed by atoms with Gasteiger partial charge in [-0.2, -0.15) is 5.10 Å². The smallest absolute Gasteiger partial charge is 0.362 e. The molecule has 0 bridgehead atoms. The van der Waals surface area contributed by atoms with Gasteiger partial charge in [-0.15, -0.1) is 11.3 Å². The standard InChI is InChI=1S/C18H18FN3O3S/c1-5-22-14-7-10(17-20-13(8-26-17)9(2)3)12(19)6-11(14)16(23)15(21-22)18(24)25-4/h6-9H,5H2,1-4H3. The fourth-order valence-corrected chi connectivity index (χ4v) is 3.61. The van der Waals surface area contributed by atoms with Crippen molar-refractivity contribution in [2.24, 2.45) is 0 Å². The summed E-state index contributed by atoms with van der Waals surface area (Å²) in [4.78, 5) is 28.8. The van der Waals surface area contributed by atoms with Gasteiger partial charge >= 0.3 is 5.97 Å². The van der Waals surface area contributed by atoms with E-state index in [1.165, 1.54) is 23.1 Å². The molecule has 0 fully saturated rings. The Kier molecular flexibility index (Phi) is 4.86. The molecule has 0 N–H and O–H groups in total. The monoisotopic (exact) mass is 375 g/mol. The van der Waals surface area contributed by atoms with Crippen molar-refractivity contribution in [3.8, 4) is 10.6 Å². The van der Waals surface area contributed by atoms with E-state index in [9.17, 15) is 14.0 Å². The maximum atomic E-state index is 14.7. The van der Waals surface area contributed by atoms with E-state index in [-0.39, 0.29) is 17.0 Å². The highest BCUT2D eigenvalue weighted by Gasteiger charge is 2.20. The van der Waals surface area contributed by atoms with E-state index >= 15 is 0 Å². The number of methoxy groups -OCH3 is 1. The van der Waals surface area contributed by atoms with Crippen molar-refractivity contribution in [2.45, 2.75) is 33.2 Å². The zero-order valence-corrected chi connectivity index (χ0v) is 15.7. The third-order valence-electron chi connectivity index (χ3n) is 4.07. The molecule has 0 atom stereocenters. The van der Waals surface area contributed by atoms with Crippen molar-refractivity contribution >= 4 is 28.2 Å². The fourth-order valence-electron chi connectivity index (χ4n) is 2.61. The molecule has 0 unspecified atom stereocenters. The topological polar surface area (TPSA) is 74.1 Å². The Hall–Kier alpha value is -2.61. The van der Waals surface area contributed by atoms with Crippen molar-refractivity contribution < 1.29 is 13.9 Å². The van der Waals surface area contributed by atoms with Gasteiger partial charge in [-0.05, 0) is 25.0 Å². The number of halogens is 1. The summed E-state index contributed by atoms with van der Waals surface area (Å²) >= 11 is 1.35. The number of aromatic nitrogens is 3. The average Bonchev–Trinajstić information content (AvgIpc) is 3.11. The molecule has 2 heterocycles. The molecule has 0 aliphatic carbocycles. The fraction of sp³-hybridized carbons (Fsp3) is 0.333. The first-order chi connectivity index (χ1) is 12.4. The molecule has 0 aliphatic heterocycles. The Bertz CT molecular complexity index is 1060. The molecule has 136 valence electrons. The number of carbonyl (C=O) groups is 1. The number of hydrogen-bond donors (Lipinski definition) is 0. The Labute approximate surface area is 153 Å². The number of carbonyl (C=O) groups excluding carboxylic acids is 1. The first-order valence-corrected chi connectivity index (χ1v) is 9.03. The van der Waals surface area contributed by atoms with Crippen molar-refractivity contribution in [3.63, 3.8) is 0 Å². The van der Waals surface area contributed by atoms with Crippen molar-refractivity contribution in [1.82, 2.24) is 14.8 Å². The SMILES string of the molecule is CCn1nc(C(=O)OC)c(=O)c2cc(F)c(-c3nc(C(C)C)cs3)cc21. The summed E-state index contributed by atoms with van der Waals surface area (Å²) < 4.78 is 20.8. The third kappa shape index (κ3) is 3.01. The predicted octanol–water partition coefficient (Wildman–Crippen LogP) is 3.59. The zero-order chi connectivity index (χ0) is 19.0. The summed E-state index contributed by atoms with van der Waals surface area (Å²) in [6.07, 6.45) is 0. The van der Waals surface area contributed by atoms with Crippen LogP contribution in [0.4, 0.5) is 4.39 Å². The first-order valence-electron chi connectivity index (χ1n) is 8.15. The van der Waals surface area contributed by atoms with Crippen LogP contribution >= 0.6 is 11.3 Å². The van der Waals surface area contributed by atoms with E-state index in [2.05, 4.69) is 14.8 Å². The van der Waals surface area contributed by atoms with E-state index < -0.39 is 17.2 Å². The largest absolute Gasteiger partial charge is 0.464 e. The van der Waals surface area contributed by atoms with E-state index in [1.54, 1.807) is 6.07 Å². The molecular weight excluding hydrogens is 357 g/mol. The lowest BCUT2D eigenvalue weighted by Crippen LogP contribution is -2.24. The second-order valence-corrected chi connectivity index (χ2v) is 6.92. The highest BCUT2D eigenvalue weighted by atomic mass is 32.1. The van der Waals surface area contributed by atoms with Gasteiger partial charge in [0.05, 0.1) is 23.7 Å². The van der Waals surface area contributed by atoms with Crippen molar-refractivity contribution in [3.05, 3.63) is 44.9 Å². The number of aryl methyl sites for hydroxylation is 1. The van der Waals surface area contributed by atoms with Crippen molar-refractivity contribution in [1.29, 1.82) is 0 Å². The van der Waals surface area contributed by atoms with Gasteiger partial charge in [-0.25, -0.2) is 14.2 Å². The Morgan fingerprint density at radius 2 is 2.12 bits per heavy atom. The molecule has 2 aromatic heterocycles. The minimum Gasteiger partial charge on any atom is -0.464 e. The highest BCUT2D eigenvalue weighted by Crippen LogP contribution is 2.31. The summed E-state index contributed by atoms with van der Waals surface area (Å²) in [6, 6.07) is 2.70. The van der Waals surface area contributed by atoms with E-state index in [1.807, 2.05) is 26.2 Å². The molecular formula is C18H18FN3O3S. The molecule has 6 nitrogen and oxygen atoms in total. The van der Waals surface area contributed by atoms with Gasteiger partial charge in [-0.1, -0.05) is 13.8 Å². The summed E-state index contributed by atoms with van der Waals surface area (Å²) in [5, 5.41) is 6.60. The van der Waals surface area contributed by atoms with Crippen LogP contribution in [0.15, 0.2) is 22.3 Å². The van der Waals surface area contributed by atoms with Crippen LogP contribution in [-0.4, -0.2) is 27.8 Å². The molecule has 0 radical (unpaired) electrons. The van der Waals surface area contributed by atoms with Crippen LogP contribution < -0.4 is 5.43 Å². The average molecular weight is 375 g/mol. The van der Waals surface area contributed by atoms with Crippen molar-refractivity contribution in [2.75, 3.05) is 7.11 Å². The van der Waals surface area contributed by atoms with E-state index in [4.69, 9.17) is 0 Å². The number of ether oxygens (including phenoxy) is 1. The minimum absolute atomic E-state index is 0.0872. The van der Waals surface area contributed by atoms with Crippen LogP contribution in [0.5, 0.6) is 0 Å². The first kappa shape index (κ1) is 18.2. The number of esters is 1. The summed E-state index contributed by atoms with van der Waals surface area (Å²) in [5.74, 6) is -1.17. The molecule has 8 heteroatoms. The van der Waals surface area contributed by atoms with Crippen LogP contribution in [0.3, 0.4) is 0 Å². The predicted molar refractivity (Wildman–Crippen MR) is 98.2 cm³/mol. The Morgan fingerprint density at radius 3 is 2.69 bits per heavy atom. The normalized spacial score (nSPS) is 11.3. The number of thiazole rings is 1. The number of benzene rings is 1. The molecule has 0 spiro atoms. The van der Waals surface area contributed by atoms with Gasteiger partial charge in [0, 0.05) is 17.5 Å². The van der Waals surface area contributed by atoms with Crippen LogP contribution in [0.2, 0.25) is 0 Å².